The van der Waals surface area contributed by atoms with Gasteiger partial charge < -0.3 is 5.32 Å². The van der Waals surface area contributed by atoms with E-state index in [0.717, 1.165) is 11.6 Å². The second-order valence-corrected chi connectivity index (χ2v) is 7.74. The predicted molar refractivity (Wildman–Crippen MR) is 87.0 cm³/mol. The molecule has 1 fully saturated rings. The van der Waals surface area contributed by atoms with Gasteiger partial charge in [0.15, 0.2) is 0 Å². The first-order valence-corrected chi connectivity index (χ1v) is 9.33. The van der Waals surface area contributed by atoms with Crippen LogP contribution in [-0.4, -0.2) is 21.5 Å². The lowest BCUT2D eigenvalue weighted by atomic mass is 9.98. The smallest absolute Gasteiger partial charge is 0.240 e. The van der Waals surface area contributed by atoms with Crippen molar-refractivity contribution in [2.24, 2.45) is 5.92 Å². The lowest BCUT2D eigenvalue weighted by Crippen LogP contribution is -2.20. The Hall–Kier alpha value is -1.07. The van der Waals surface area contributed by atoms with Crippen LogP contribution in [0.3, 0.4) is 0 Å². The zero-order valence-electron chi connectivity index (χ0n) is 12.9. The minimum atomic E-state index is -3.34. The van der Waals surface area contributed by atoms with Crippen molar-refractivity contribution in [1.29, 1.82) is 0 Å². The molecule has 2 N–H and O–H groups in total. The van der Waals surface area contributed by atoms with Crippen LogP contribution in [0, 0.1) is 5.92 Å². The van der Waals surface area contributed by atoms with Crippen LogP contribution in [0.25, 0.3) is 0 Å². The fraction of sp³-hybridized carbons (Fsp3) is 0.625. The van der Waals surface area contributed by atoms with E-state index >= 15 is 0 Å². The van der Waals surface area contributed by atoms with Crippen LogP contribution in [0.1, 0.15) is 45.4 Å². The first kappa shape index (κ1) is 16.3. The molecule has 0 bridgehead atoms. The van der Waals surface area contributed by atoms with Crippen LogP contribution < -0.4 is 10.0 Å². The summed E-state index contributed by atoms with van der Waals surface area (Å²) in [4.78, 5) is 0.308. The highest BCUT2D eigenvalue weighted by atomic mass is 32.2. The zero-order chi connectivity index (χ0) is 15.3. The van der Waals surface area contributed by atoms with Crippen LogP contribution in [-0.2, 0) is 10.0 Å². The number of hydrogen-bond donors (Lipinski definition) is 2. The molecule has 0 aliphatic heterocycles. The highest BCUT2D eigenvalue weighted by Gasteiger charge is 2.18. The van der Waals surface area contributed by atoms with E-state index in [1.807, 2.05) is 12.1 Å². The van der Waals surface area contributed by atoms with Crippen molar-refractivity contribution in [1.82, 2.24) is 4.72 Å². The predicted octanol–water partition coefficient (Wildman–Crippen LogP) is 3.37. The van der Waals surface area contributed by atoms with Crippen molar-refractivity contribution >= 4 is 15.7 Å². The lowest BCUT2D eigenvalue weighted by molar-refractivity contribution is 0.444. The minimum Gasteiger partial charge on any atom is -0.382 e. The van der Waals surface area contributed by atoms with Gasteiger partial charge in [-0.15, -0.1) is 0 Å². The van der Waals surface area contributed by atoms with Crippen molar-refractivity contribution in [2.45, 2.75) is 56.4 Å². The molecule has 5 heteroatoms. The first-order valence-electron chi connectivity index (χ1n) is 7.85. The summed E-state index contributed by atoms with van der Waals surface area (Å²) in [5.74, 6) is 0.875. The number of anilines is 1. The fourth-order valence-corrected chi connectivity index (χ4v) is 3.75. The van der Waals surface area contributed by atoms with Crippen molar-refractivity contribution in [3.05, 3.63) is 24.3 Å². The summed E-state index contributed by atoms with van der Waals surface area (Å²) in [5.41, 5.74) is 1.00. The van der Waals surface area contributed by atoms with Crippen LogP contribution in [0.4, 0.5) is 5.69 Å². The second kappa shape index (κ2) is 7.27. The first-order chi connectivity index (χ1) is 10.0. The summed E-state index contributed by atoms with van der Waals surface area (Å²) in [6.07, 6.45) is 7.60. The highest BCUT2D eigenvalue weighted by Crippen LogP contribution is 2.27. The molecule has 0 aromatic heterocycles. The monoisotopic (exact) mass is 310 g/mol. The molecule has 1 aliphatic rings. The van der Waals surface area contributed by atoms with Crippen LogP contribution in [0.5, 0.6) is 0 Å². The topological polar surface area (TPSA) is 58.2 Å². The second-order valence-electron chi connectivity index (χ2n) is 5.86. The van der Waals surface area contributed by atoms with Gasteiger partial charge in [-0.1, -0.05) is 26.2 Å². The van der Waals surface area contributed by atoms with Crippen LogP contribution in [0.15, 0.2) is 29.2 Å². The summed E-state index contributed by atoms with van der Waals surface area (Å²) in [6, 6.07) is 7.52. The Morgan fingerprint density at radius 1 is 1.10 bits per heavy atom. The summed E-state index contributed by atoms with van der Waals surface area (Å²) in [6.45, 7) is 2.28. The molecule has 4 nitrogen and oxygen atoms in total. The largest absolute Gasteiger partial charge is 0.382 e. The molecule has 1 aliphatic carbocycles. The average molecular weight is 310 g/mol. The van der Waals surface area contributed by atoms with E-state index in [1.165, 1.54) is 45.6 Å². The summed E-state index contributed by atoms with van der Waals surface area (Å²) in [7, 11) is -1.91. The molecule has 0 amide bonds. The van der Waals surface area contributed by atoms with Crippen molar-refractivity contribution in [2.75, 3.05) is 12.4 Å². The van der Waals surface area contributed by atoms with E-state index in [4.69, 9.17) is 0 Å². The van der Waals surface area contributed by atoms with Crippen LogP contribution in [0.2, 0.25) is 0 Å². The lowest BCUT2D eigenvalue weighted by Gasteiger charge is -2.18. The van der Waals surface area contributed by atoms with Gasteiger partial charge in [0.05, 0.1) is 4.90 Å². The Labute approximate surface area is 128 Å². The third-order valence-electron chi connectivity index (χ3n) is 4.47. The van der Waals surface area contributed by atoms with E-state index < -0.39 is 10.0 Å². The van der Waals surface area contributed by atoms with Gasteiger partial charge in [-0.3, -0.25) is 0 Å². The summed E-state index contributed by atoms with van der Waals surface area (Å²) >= 11 is 0. The summed E-state index contributed by atoms with van der Waals surface area (Å²) < 4.78 is 25.7. The Morgan fingerprint density at radius 3 is 2.43 bits per heavy atom. The average Bonchev–Trinajstić information content (AvgIpc) is 2.73. The van der Waals surface area contributed by atoms with Gasteiger partial charge in [0.1, 0.15) is 0 Å². The quantitative estimate of drug-likeness (QED) is 0.820. The molecule has 1 saturated carbocycles. The van der Waals surface area contributed by atoms with Crippen molar-refractivity contribution < 1.29 is 8.42 Å². The SMILES string of the molecule is CCC1CCCC(Nc2ccc(S(=O)(=O)NC)cc2)CC1. The van der Waals surface area contributed by atoms with E-state index in [2.05, 4.69) is 17.0 Å². The minimum absolute atomic E-state index is 0.308. The third kappa shape index (κ3) is 4.45. The van der Waals surface area contributed by atoms with E-state index in [9.17, 15) is 8.42 Å². The van der Waals surface area contributed by atoms with Gasteiger partial charge in [0.2, 0.25) is 10.0 Å². The zero-order valence-corrected chi connectivity index (χ0v) is 13.7. The fourth-order valence-electron chi connectivity index (χ4n) is 3.01. The molecule has 0 radical (unpaired) electrons. The maximum Gasteiger partial charge on any atom is 0.240 e. The Bertz CT molecular complexity index is 540. The number of nitrogens with one attached hydrogen (secondary N) is 2. The number of rotatable bonds is 5. The van der Waals surface area contributed by atoms with Gasteiger partial charge >= 0.3 is 0 Å². The molecule has 0 saturated heterocycles. The maximum atomic E-state index is 11.7. The van der Waals surface area contributed by atoms with Gasteiger partial charge in [-0.25, -0.2) is 13.1 Å². The molecule has 2 rings (SSSR count). The molecule has 1 aromatic rings. The van der Waals surface area contributed by atoms with E-state index in [-0.39, 0.29) is 0 Å². The van der Waals surface area contributed by atoms with Crippen LogP contribution >= 0.6 is 0 Å². The molecular formula is C16H26N2O2S. The molecule has 0 spiro atoms. The van der Waals surface area contributed by atoms with Crippen molar-refractivity contribution in [3.63, 3.8) is 0 Å². The summed E-state index contributed by atoms with van der Waals surface area (Å²) in [5, 5.41) is 3.55. The molecular weight excluding hydrogens is 284 g/mol. The van der Waals surface area contributed by atoms with Gasteiger partial charge in [0, 0.05) is 11.7 Å². The Kier molecular flexibility index (Phi) is 5.65. The molecule has 2 unspecified atom stereocenters. The normalized spacial score (nSPS) is 23.5. The standard InChI is InChI=1S/C16H26N2O2S/c1-3-13-5-4-6-14(8-7-13)18-15-9-11-16(12-10-15)21(19,20)17-2/h9-14,17-18H,3-8H2,1-2H3. The molecule has 0 heterocycles. The number of hydrogen-bond acceptors (Lipinski definition) is 3. The molecule has 2 atom stereocenters. The van der Waals surface area contributed by atoms with Crippen molar-refractivity contribution in [3.8, 4) is 0 Å². The van der Waals surface area contributed by atoms with E-state index in [0.29, 0.717) is 10.9 Å². The Morgan fingerprint density at radius 2 is 1.81 bits per heavy atom. The Balaban J connectivity index is 1.97. The number of sulfonamides is 1. The molecule has 1 aromatic carbocycles. The van der Waals surface area contributed by atoms with Gasteiger partial charge in [-0.05, 0) is 56.5 Å². The highest BCUT2D eigenvalue weighted by molar-refractivity contribution is 7.89. The van der Waals surface area contributed by atoms with Gasteiger partial charge in [-0.2, -0.15) is 0 Å². The number of benzene rings is 1. The third-order valence-corrected chi connectivity index (χ3v) is 5.90. The van der Waals surface area contributed by atoms with Gasteiger partial charge in [0.25, 0.3) is 0 Å². The maximum absolute atomic E-state index is 11.7. The molecule has 118 valence electrons. The molecule has 21 heavy (non-hydrogen) atoms. The van der Waals surface area contributed by atoms with E-state index in [1.54, 1.807) is 12.1 Å².